The fraction of sp³-hybridized carbons (Fsp3) is 0.333. The summed E-state index contributed by atoms with van der Waals surface area (Å²) in [6, 6.07) is 5.30. The van der Waals surface area contributed by atoms with Gasteiger partial charge in [-0.3, -0.25) is 14.5 Å². The van der Waals surface area contributed by atoms with Crippen molar-refractivity contribution in [2.24, 2.45) is 0 Å². The van der Waals surface area contributed by atoms with E-state index in [0.717, 1.165) is 5.57 Å². The van der Waals surface area contributed by atoms with Crippen molar-refractivity contribution < 1.29 is 9.59 Å². The molecule has 20 heavy (non-hydrogen) atoms. The fourth-order valence-electron chi connectivity index (χ4n) is 2.09. The molecule has 2 rings (SSSR count). The second kappa shape index (κ2) is 5.77. The zero-order valence-corrected chi connectivity index (χ0v) is 12.3. The fourth-order valence-corrected chi connectivity index (χ4v) is 2.37. The first-order valence-electron chi connectivity index (χ1n) is 6.46. The van der Waals surface area contributed by atoms with Crippen molar-refractivity contribution in [2.75, 3.05) is 18.0 Å². The number of Topliss-reactive ketones (excluding diaryl/α,β-unsaturated/α-hetero) is 1. The van der Waals surface area contributed by atoms with Crippen LogP contribution < -0.4 is 10.2 Å². The van der Waals surface area contributed by atoms with Gasteiger partial charge in [-0.25, -0.2) is 0 Å². The number of ketones is 1. The maximum atomic E-state index is 12.0. The van der Waals surface area contributed by atoms with Crippen LogP contribution >= 0.6 is 11.6 Å². The van der Waals surface area contributed by atoms with Gasteiger partial charge in [-0.1, -0.05) is 38.1 Å². The summed E-state index contributed by atoms with van der Waals surface area (Å²) in [5.74, 6) is -1.05. The average molecular weight is 293 g/mol. The summed E-state index contributed by atoms with van der Waals surface area (Å²) in [4.78, 5) is 25.4. The molecule has 0 saturated heterocycles. The summed E-state index contributed by atoms with van der Waals surface area (Å²) in [7, 11) is 0. The van der Waals surface area contributed by atoms with E-state index < -0.39 is 11.7 Å². The molecule has 0 aliphatic carbocycles. The summed E-state index contributed by atoms with van der Waals surface area (Å²) in [5.41, 5.74) is 1.69. The van der Waals surface area contributed by atoms with Crippen molar-refractivity contribution >= 4 is 29.0 Å². The molecule has 0 unspecified atom stereocenters. The minimum Gasteiger partial charge on any atom is -0.311 e. The van der Waals surface area contributed by atoms with Crippen LogP contribution in [0.15, 0.2) is 30.4 Å². The number of carbonyl (C=O) groups is 2. The standard InChI is InChI=1S/C15H17ClN2O2/c1-9(2)17-7-10(3)8-18-13-11(14(19)15(18)20)5-4-6-12(13)16/h4-6,9,17H,3,7-8H2,1-2H3. The van der Waals surface area contributed by atoms with Gasteiger partial charge in [0.05, 0.1) is 16.3 Å². The van der Waals surface area contributed by atoms with Gasteiger partial charge in [0.2, 0.25) is 0 Å². The molecule has 0 radical (unpaired) electrons. The Hall–Kier alpha value is -1.65. The minimum atomic E-state index is -0.543. The van der Waals surface area contributed by atoms with Crippen LogP contribution in [0.25, 0.3) is 0 Å². The lowest BCUT2D eigenvalue weighted by molar-refractivity contribution is -0.114. The van der Waals surface area contributed by atoms with Gasteiger partial charge in [0.15, 0.2) is 0 Å². The van der Waals surface area contributed by atoms with Crippen LogP contribution in [0.3, 0.4) is 0 Å². The first-order chi connectivity index (χ1) is 9.41. The van der Waals surface area contributed by atoms with Gasteiger partial charge in [0.25, 0.3) is 11.7 Å². The number of anilines is 1. The van der Waals surface area contributed by atoms with E-state index in [1.165, 1.54) is 4.90 Å². The smallest absolute Gasteiger partial charge is 0.299 e. The second-order valence-corrected chi connectivity index (χ2v) is 5.55. The van der Waals surface area contributed by atoms with Crippen LogP contribution in [0.5, 0.6) is 0 Å². The molecule has 5 heteroatoms. The van der Waals surface area contributed by atoms with Crippen molar-refractivity contribution in [1.82, 2.24) is 5.32 Å². The van der Waals surface area contributed by atoms with Gasteiger partial charge in [-0.2, -0.15) is 0 Å². The first kappa shape index (κ1) is 14.8. The molecule has 0 fully saturated rings. The third kappa shape index (κ3) is 2.76. The maximum Gasteiger partial charge on any atom is 0.299 e. The third-order valence-electron chi connectivity index (χ3n) is 3.08. The van der Waals surface area contributed by atoms with Crippen molar-refractivity contribution in [2.45, 2.75) is 19.9 Å². The average Bonchev–Trinajstić information content (AvgIpc) is 2.63. The van der Waals surface area contributed by atoms with E-state index in [1.54, 1.807) is 18.2 Å². The number of halogens is 1. The zero-order chi connectivity index (χ0) is 14.9. The van der Waals surface area contributed by atoms with E-state index in [4.69, 9.17) is 11.6 Å². The molecule has 4 nitrogen and oxygen atoms in total. The number of carbonyl (C=O) groups excluding carboxylic acids is 2. The van der Waals surface area contributed by atoms with Gasteiger partial charge in [0.1, 0.15) is 0 Å². The topological polar surface area (TPSA) is 49.4 Å². The number of benzene rings is 1. The molecule has 0 aromatic heterocycles. The summed E-state index contributed by atoms with van der Waals surface area (Å²) >= 11 is 6.11. The van der Waals surface area contributed by atoms with Crippen LogP contribution in [0.2, 0.25) is 5.02 Å². The molecular weight excluding hydrogens is 276 g/mol. The number of amides is 1. The lowest BCUT2D eigenvalue weighted by Crippen LogP contribution is -2.34. The van der Waals surface area contributed by atoms with Crippen LogP contribution in [-0.2, 0) is 4.79 Å². The number of rotatable bonds is 5. The van der Waals surface area contributed by atoms with Crippen LogP contribution in [-0.4, -0.2) is 30.8 Å². The Kier molecular flexibility index (Phi) is 4.26. The monoisotopic (exact) mass is 292 g/mol. The summed E-state index contributed by atoms with van der Waals surface area (Å²) in [6.07, 6.45) is 0. The number of para-hydroxylation sites is 1. The Balaban J connectivity index is 2.20. The molecule has 1 N–H and O–H groups in total. The largest absolute Gasteiger partial charge is 0.311 e. The predicted molar refractivity (Wildman–Crippen MR) is 80.4 cm³/mol. The Labute approximate surface area is 123 Å². The van der Waals surface area contributed by atoms with E-state index in [0.29, 0.717) is 35.4 Å². The molecule has 1 aromatic carbocycles. The highest BCUT2D eigenvalue weighted by Gasteiger charge is 2.37. The third-order valence-corrected chi connectivity index (χ3v) is 3.39. The quantitative estimate of drug-likeness (QED) is 0.670. The van der Waals surface area contributed by atoms with Gasteiger partial charge in [-0.05, 0) is 17.7 Å². The summed E-state index contributed by atoms with van der Waals surface area (Å²) < 4.78 is 0. The zero-order valence-electron chi connectivity index (χ0n) is 11.6. The normalized spacial score (nSPS) is 14.1. The molecule has 1 aromatic rings. The minimum absolute atomic E-state index is 0.293. The van der Waals surface area contributed by atoms with Gasteiger partial charge in [0, 0.05) is 19.1 Å². The molecule has 0 bridgehead atoms. The summed E-state index contributed by atoms with van der Waals surface area (Å²) in [5, 5.41) is 3.64. The molecule has 106 valence electrons. The van der Waals surface area contributed by atoms with Gasteiger partial charge in [-0.15, -0.1) is 0 Å². The second-order valence-electron chi connectivity index (χ2n) is 5.14. The Morgan fingerprint density at radius 3 is 2.75 bits per heavy atom. The van der Waals surface area contributed by atoms with E-state index in [1.807, 2.05) is 13.8 Å². The van der Waals surface area contributed by atoms with E-state index in [9.17, 15) is 9.59 Å². The van der Waals surface area contributed by atoms with Gasteiger partial charge >= 0.3 is 0 Å². The Morgan fingerprint density at radius 1 is 1.40 bits per heavy atom. The number of fused-ring (bicyclic) bond motifs is 1. The Morgan fingerprint density at radius 2 is 2.10 bits per heavy atom. The van der Waals surface area contributed by atoms with E-state index in [-0.39, 0.29) is 0 Å². The molecule has 0 atom stereocenters. The highest BCUT2D eigenvalue weighted by molar-refractivity contribution is 6.54. The Bertz CT molecular complexity index is 581. The number of nitrogens with one attached hydrogen (secondary N) is 1. The van der Waals surface area contributed by atoms with Crippen LogP contribution in [0, 0.1) is 0 Å². The first-order valence-corrected chi connectivity index (χ1v) is 6.84. The lowest BCUT2D eigenvalue weighted by atomic mass is 10.1. The predicted octanol–water partition coefficient (Wildman–Crippen LogP) is 2.42. The SMILES string of the molecule is C=C(CNC(C)C)CN1C(=O)C(=O)c2cccc(Cl)c21. The van der Waals surface area contributed by atoms with Crippen molar-refractivity contribution in [3.63, 3.8) is 0 Å². The van der Waals surface area contributed by atoms with Crippen molar-refractivity contribution in [1.29, 1.82) is 0 Å². The maximum absolute atomic E-state index is 12.0. The molecular formula is C15H17ClN2O2. The molecule has 1 amide bonds. The lowest BCUT2D eigenvalue weighted by Gasteiger charge is -2.20. The molecule has 1 aliphatic rings. The van der Waals surface area contributed by atoms with Crippen molar-refractivity contribution in [3.05, 3.63) is 40.9 Å². The van der Waals surface area contributed by atoms with E-state index >= 15 is 0 Å². The number of hydrogen-bond donors (Lipinski definition) is 1. The highest BCUT2D eigenvalue weighted by atomic mass is 35.5. The molecule has 0 saturated carbocycles. The van der Waals surface area contributed by atoms with Gasteiger partial charge < -0.3 is 5.32 Å². The highest BCUT2D eigenvalue weighted by Crippen LogP contribution is 2.35. The molecule has 1 heterocycles. The van der Waals surface area contributed by atoms with Crippen LogP contribution in [0.4, 0.5) is 5.69 Å². The molecule has 0 spiro atoms. The van der Waals surface area contributed by atoms with Crippen LogP contribution in [0.1, 0.15) is 24.2 Å². The molecule has 1 aliphatic heterocycles. The van der Waals surface area contributed by atoms with E-state index in [2.05, 4.69) is 11.9 Å². The van der Waals surface area contributed by atoms with Crippen molar-refractivity contribution in [3.8, 4) is 0 Å². The summed E-state index contributed by atoms with van der Waals surface area (Å²) in [6.45, 7) is 8.89. The number of nitrogens with zero attached hydrogens (tertiary/aromatic N) is 1. The number of hydrogen-bond acceptors (Lipinski definition) is 3.